The first kappa shape index (κ1) is 90.5. The van der Waals surface area contributed by atoms with Crippen LogP contribution in [0.5, 0.6) is 11.5 Å². The molecule has 0 aliphatic carbocycles. The van der Waals surface area contributed by atoms with Crippen molar-refractivity contribution in [2.24, 2.45) is 85.4 Å². The normalized spacial score (nSPS) is 13.6. The number of nitrogens with one attached hydrogen (secondary N) is 3. The number of benzene rings is 4. The van der Waals surface area contributed by atoms with Crippen molar-refractivity contribution in [1.29, 1.82) is 0 Å². The molecule has 8 atom stereocenters. The predicted octanol–water partition coefficient (Wildman–Crippen LogP) is 6.44. The van der Waals surface area contributed by atoms with Crippen molar-refractivity contribution in [2.45, 2.75) is 221 Å². The first-order chi connectivity index (χ1) is 49.7. The molecule has 0 aromatic heterocycles. The monoisotopic (exact) mass is 1470 g/mol. The molecular weight excluding hydrogens is 1350 g/mol. The number of aryl methyl sites for hydroxylation is 4. The van der Waals surface area contributed by atoms with Gasteiger partial charge in [0.05, 0.1) is 24.5 Å². The van der Waals surface area contributed by atoms with Crippen molar-refractivity contribution in [3.05, 3.63) is 129 Å². The molecule has 0 spiro atoms. The van der Waals surface area contributed by atoms with E-state index in [0.717, 1.165) is 33.4 Å². The quantitative estimate of drug-likeness (QED) is 0.00980. The van der Waals surface area contributed by atoms with Gasteiger partial charge in [-0.3, -0.25) is 53.1 Å². The zero-order valence-electron chi connectivity index (χ0n) is 63.8. The lowest BCUT2D eigenvalue weighted by Gasteiger charge is -2.26. The Morgan fingerprint density at radius 2 is 0.840 bits per heavy atom. The van der Waals surface area contributed by atoms with Crippen LogP contribution in [-0.4, -0.2) is 136 Å². The minimum Gasteiger partial charge on any atom is -0.508 e. The van der Waals surface area contributed by atoms with E-state index >= 15 is 0 Å². The van der Waals surface area contributed by atoms with E-state index in [2.05, 4.69) is 25.9 Å². The third-order valence-electron chi connectivity index (χ3n) is 17.9. The highest BCUT2D eigenvalue weighted by molar-refractivity contribution is 5.96. The summed E-state index contributed by atoms with van der Waals surface area (Å²) in [5.41, 5.74) is 49.8. The highest BCUT2D eigenvalue weighted by atomic mass is 16.6. The summed E-state index contributed by atoms with van der Waals surface area (Å²) in [7, 11) is 0. The minimum atomic E-state index is -1.06. The summed E-state index contributed by atoms with van der Waals surface area (Å²) in [5, 5.41) is 28.8. The number of aromatic hydroxyl groups is 2. The van der Waals surface area contributed by atoms with Crippen LogP contribution < -0.4 is 61.8 Å². The van der Waals surface area contributed by atoms with Gasteiger partial charge in [-0.2, -0.15) is 0 Å². The molecule has 0 aliphatic heterocycles. The van der Waals surface area contributed by atoms with Crippen LogP contribution in [-0.2, 0) is 78.3 Å². The largest absolute Gasteiger partial charge is 0.508 e. The number of nitrogens with zero attached hydrogens (tertiary/aromatic N) is 2. The second kappa shape index (κ2) is 45.6. The number of ketones is 4. The van der Waals surface area contributed by atoms with Crippen LogP contribution in [0.3, 0.4) is 0 Å². The van der Waals surface area contributed by atoms with Crippen molar-refractivity contribution in [1.82, 2.24) is 16.0 Å². The van der Waals surface area contributed by atoms with Crippen LogP contribution >= 0.6 is 0 Å². The number of hydrogen-bond acceptors (Lipinski definition) is 18. The van der Waals surface area contributed by atoms with Gasteiger partial charge in [0.1, 0.15) is 34.3 Å². The second-order valence-corrected chi connectivity index (χ2v) is 29.5. The lowest BCUT2D eigenvalue weighted by Crippen LogP contribution is -2.46. The molecular formula is C79H119N13O14. The van der Waals surface area contributed by atoms with E-state index < -0.39 is 100 Å². The molecule has 0 saturated carbocycles. The highest BCUT2D eigenvalue weighted by Gasteiger charge is 2.35. The number of amides is 5. The van der Waals surface area contributed by atoms with Gasteiger partial charge in [-0.05, 0) is 234 Å². The van der Waals surface area contributed by atoms with E-state index in [4.69, 9.17) is 55.3 Å². The first-order valence-electron chi connectivity index (χ1n) is 36.5. The maximum Gasteiger partial charge on any atom is 0.407 e. The number of esters is 1. The lowest BCUT2D eigenvalue weighted by atomic mass is 9.83. The smallest absolute Gasteiger partial charge is 0.407 e. The highest BCUT2D eigenvalue weighted by Crippen LogP contribution is 2.30. The molecule has 4 aromatic carbocycles. The summed E-state index contributed by atoms with van der Waals surface area (Å²) in [6.45, 7) is 18.9. The fraction of sp³-hybridized carbons (Fsp3) is 0.544. The van der Waals surface area contributed by atoms with Crippen molar-refractivity contribution >= 4 is 70.7 Å². The molecule has 106 heavy (non-hydrogen) atoms. The summed E-state index contributed by atoms with van der Waals surface area (Å²) < 4.78 is 10.9. The number of carbonyl (C=O) groups excluding carboxylic acids is 10. The van der Waals surface area contributed by atoms with Gasteiger partial charge in [-0.1, -0.05) is 60.7 Å². The molecule has 0 aliphatic rings. The average molecular weight is 1470 g/mol. The number of nitrogens with two attached hydrogens (primary N) is 8. The Kier molecular flexibility index (Phi) is 38.9. The van der Waals surface area contributed by atoms with Crippen LogP contribution in [0.15, 0.2) is 94.9 Å². The molecule has 5 amide bonds. The number of guanidine groups is 2. The van der Waals surface area contributed by atoms with Gasteiger partial charge in [-0.25, -0.2) is 4.79 Å². The number of aliphatic imine (C=N–C) groups is 2. The fourth-order valence-corrected chi connectivity index (χ4v) is 12.4. The maximum absolute atomic E-state index is 14.5. The summed E-state index contributed by atoms with van der Waals surface area (Å²) in [6.07, 6.45) is 3.18. The topological polar surface area (TPSA) is 499 Å². The summed E-state index contributed by atoms with van der Waals surface area (Å²) in [4.78, 5) is 142. The van der Waals surface area contributed by atoms with Crippen LogP contribution in [0.25, 0.3) is 0 Å². The Morgan fingerprint density at radius 1 is 0.453 bits per heavy atom. The molecule has 4 rings (SSSR count). The van der Waals surface area contributed by atoms with E-state index in [1.54, 1.807) is 79.7 Å². The van der Waals surface area contributed by atoms with E-state index in [1.165, 1.54) is 0 Å². The number of primary amides is 2. The number of unbranched alkanes of at least 4 members (excludes halogenated alkanes) is 2. The Labute approximate surface area is 624 Å². The van der Waals surface area contributed by atoms with Gasteiger partial charge in [0.25, 0.3) is 0 Å². The second-order valence-electron chi connectivity index (χ2n) is 29.5. The standard InChI is InChI=1S/C45H68N6O9.C34H51N7O5/c1-28-21-34(52)22-29(2)35(28)24-33(26-37(53)31(17-14-20-49-42(47)48)27-39(55)59-44(3,4)5)41(57)51-36(18-12-13-19-50-43(58)60-45(6,7)8)38(54)25-32(40(46)56)23-30-15-10-9-11-16-30;1-21-15-26(42)16-22(2)27(21)18-25(20-30(43)28(36)11-8-14-40-34(38)39)33(46)41-29(12-6-7-13-35)31(44)19-24(32(37)45)17-23-9-4-3-5-10-23/h9-11,15-16,21-22,31-33,36,52H,12-14,17-20,23-27H2,1-8H3,(H2,46,56)(H,50,58)(H,51,57)(H4,47,48,49);3-5,9-10,15-16,24-25,28-29,42H,6-8,11-14,17-20,35-36H2,1-2H3,(H2,37,45)(H,41,46)(H4,38,39,40)/t31?,32-,33-,36+;24-,25-,28-,29+/m11/s1. The summed E-state index contributed by atoms with van der Waals surface area (Å²) in [5.74, 6) is -8.52. The molecule has 1 unspecified atom stereocenters. The van der Waals surface area contributed by atoms with Crippen molar-refractivity contribution < 1.29 is 67.6 Å². The van der Waals surface area contributed by atoms with Crippen LogP contribution in [0, 0.1) is 57.3 Å². The third kappa shape index (κ3) is 35.8. The minimum absolute atomic E-state index is 0.0472. The van der Waals surface area contributed by atoms with Gasteiger partial charge >= 0.3 is 12.1 Å². The number of Topliss-reactive ketones (excluding diaryl/α,β-unsaturated/α-hetero) is 4. The van der Waals surface area contributed by atoms with Crippen molar-refractivity contribution in [2.75, 3.05) is 26.2 Å². The first-order valence-corrected chi connectivity index (χ1v) is 36.5. The number of phenolic OH excluding ortho intramolecular Hbond substituents is 2. The molecule has 27 heteroatoms. The van der Waals surface area contributed by atoms with Gasteiger partial charge in [0, 0.05) is 74.9 Å². The number of rotatable bonds is 45. The average Bonchev–Trinajstić information content (AvgIpc) is 0.832. The van der Waals surface area contributed by atoms with Gasteiger partial charge < -0.3 is 81.5 Å². The van der Waals surface area contributed by atoms with E-state index in [-0.39, 0.29) is 118 Å². The maximum atomic E-state index is 14.5. The van der Waals surface area contributed by atoms with Gasteiger partial charge in [0.2, 0.25) is 23.6 Å². The molecule has 21 N–H and O–H groups in total. The van der Waals surface area contributed by atoms with E-state index in [0.29, 0.717) is 82.0 Å². The zero-order chi connectivity index (χ0) is 79.4. The molecule has 0 heterocycles. The summed E-state index contributed by atoms with van der Waals surface area (Å²) >= 11 is 0. The molecule has 584 valence electrons. The molecule has 0 fully saturated rings. The number of hydrogen-bond donors (Lipinski definition) is 13. The number of ether oxygens (including phenoxy) is 2. The number of alkyl carbamates (subject to hydrolysis) is 1. The molecule has 0 bridgehead atoms. The lowest BCUT2D eigenvalue weighted by molar-refractivity contribution is -0.157. The summed E-state index contributed by atoms with van der Waals surface area (Å²) in [6, 6.07) is 22.0. The molecule has 0 radical (unpaired) electrons. The Balaban J connectivity index is 0.000000570. The van der Waals surface area contributed by atoms with Crippen LogP contribution in [0.4, 0.5) is 4.79 Å². The molecule has 27 nitrogen and oxygen atoms in total. The van der Waals surface area contributed by atoms with Gasteiger partial charge in [0.15, 0.2) is 23.5 Å². The van der Waals surface area contributed by atoms with E-state index in [9.17, 15) is 58.2 Å². The Morgan fingerprint density at radius 3 is 1.23 bits per heavy atom. The Bertz CT molecular complexity index is 3560. The number of phenols is 2. The third-order valence-corrected chi connectivity index (χ3v) is 17.9. The zero-order valence-corrected chi connectivity index (χ0v) is 63.8. The Hall–Kier alpha value is -9.76. The van der Waals surface area contributed by atoms with Crippen LogP contribution in [0.2, 0.25) is 0 Å². The number of carbonyl (C=O) groups is 10. The van der Waals surface area contributed by atoms with E-state index in [1.807, 2.05) is 74.5 Å². The molecule has 4 aromatic rings. The fourth-order valence-electron chi connectivity index (χ4n) is 12.4. The van der Waals surface area contributed by atoms with Crippen molar-refractivity contribution in [3.8, 4) is 11.5 Å². The SMILES string of the molecule is Cc1cc(O)cc(C)c1C[C@H](CC(=O)C(CCCN=C(N)N)CC(=O)OC(C)(C)C)C(=O)N[C@@H](CCCCNC(=O)OC(C)(C)C)C(=O)C[C@@H](Cc1ccccc1)C(N)=O.Cc1cc(O)cc(C)c1C[C@H](CC(=O)[C@H](N)CCCN=C(N)N)C(=O)N[C@@H](CCCCN)C(=O)C[C@@H](Cc1ccccc1)C(N)=O. The van der Waals surface area contributed by atoms with Crippen molar-refractivity contribution in [3.63, 3.8) is 0 Å². The van der Waals surface area contributed by atoms with Crippen LogP contribution in [0.1, 0.15) is 182 Å². The predicted molar refractivity (Wildman–Crippen MR) is 410 cm³/mol. The molecule has 0 saturated heterocycles. The van der Waals surface area contributed by atoms with Gasteiger partial charge in [-0.15, -0.1) is 0 Å².